The van der Waals surface area contributed by atoms with Crippen LogP contribution in [-0.4, -0.2) is 36.2 Å². The average molecular weight is 293 g/mol. The number of rotatable bonds is 3. The Morgan fingerprint density at radius 2 is 1.90 bits per heavy atom. The van der Waals surface area contributed by atoms with Crippen molar-refractivity contribution in [2.75, 3.05) is 13.1 Å². The third kappa shape index (κ3) is 2.81. The van der Waals surface area contributed by atoms with Crippen LogP contribution >= 0.6 is 0 Å². The molecule has 1 saturated carbocycles. The Balaban J connectivity index is 1.73. The summed E-state index contributed by atoms with van der Waals surface area (Å²) in [6.45, 7) is 4.16. The van der Waals surface area contributed by atoms with Crippen LogP contribution in [0.5, 0.6) is 0 Å². The van der Waals surface area contributed by atoms with Crippen LogP contribution in [-0.2, 0) is 0 Å². The summed E-state index contributed by atoms with van der Waals surface area (Å²) in [5.41, 5.74) is 1.72. The van der Waals surface area contributed by atoms with E-state index in [0.717, 1.165) is 6.42 Å². The normalized spacial score (nSPS) is 31.8. The molecule has 2 nitrogen and oxygen atoms in total. The fourth-order valence-corrected chi connectivity index (χ4v) is 3.31. The molecule has 2 fully saturated rings. The molecular formula is C17H21F2NO. The zero-order chi connectivity index (χ0) is 15.1. The average Bonchev–Trinajstić information content (AvgIpc) is 3.20. The van der Waals surface area contributed by atoms with Crippen molar-refractivity contribution in [3.05, 3.63) is 35.4 Å². The van der Waals surface area contributed by atoms with Crippen molar-refractivity contribution in [3.63, 3.8) is 0 Å². The summed E-state index contributed by atoms with van der Waals surface area (Å²) in [4.78, 5) is 13.6. The van der Waals surface area contributed by atoms with Crippen molar-refractivity contribution in [1.82, 2.24) is 4.90 Å². The molecule has 1 aliphatic heterocycles. The molecule has 21 heavy (non-hydrogen) atoms. The zero-order valence-corrected chi connectivity index (χ0v) is 12.4. The van der Waals surface area contributed by atoms with Gasteiger partial charge in [0, 0.05) is 5.56 Å². The SMILES string of the molecule is CC(C)[C@H]1C[C@@H]1c1cccc(C(=O)N2C[C@@H](F)[C@@H](F)C2)c1. The first-order valence-corrected chi connectivity index (χ1v) is 7.64. The van der Waals surface area contributed by atoms with Gasteiger partial charge in [0.25, 0.3) is 5.91 Å². The second-order valence-corrected chi connectivity index (χ2v) is 6.62. The van der Waals surface area contributed by atoms with Crippen molar-refractivity contribution in [2.45, 2.75) is 38.5 Å². The largest absolute Gasteiger partial charge is 0.333 e. The molecule has 114 valence electrons. The number of alkyl halides is 2. The molecule has 1 amide bonds. The van der Waals surface area contributed by atoms with Gasteiger partial charge < -0.3 is 4.90 Å². The topological polar surface area (TPSA) is 20.3 Å². The van der Waals surface area contributed by atoms with E-state index in [1.807, 2.05) is 18.2 Å². The summed E-state index contributed by atoms with van der Waals surface area (Å²) in [6, 6.07) is 7.55. The number of benzene rings is 1. The summed E-state index contributed by atoms with van der Waals surface area (Å²) in [7, 11) is 0. The van der Waals surface area contributed by atoms with Crippen LogP contribution in [0.15, 0.2) is 24.3 Å². The van der Waals surface area contributed by atoms with E-state index in [9.17, 15) is 13.6 Å². The number of halogens is 2. The predicted octanol–water partition coefficient (Wildman–Crippen LogP) is 3.58. The summed E-state index contributed by atoms with van der Waals surface area (Å²) in [5.74, 6) is 1.60. The minimum absolute atomic E-state index is 0.137. The van der Waals surface area contributed by atoms with E-state index in [0.29, 0.717) is 23.3 Å². The van der Waals surface area contributed by atoms with Gasteiger partial charge in [0.2, 0.25) is 0 Å². The number of carbonyl (C=O) groups excluding carboxylic acids is 1. The first kappa shape index (κ1) is 14.5. The number of carbonyl (C=O) groups is 1. The van der Waals surface area contributed by atoms with Crippen molar-refractivity contribution in [3.8, 4) is 0 Å². The van der Waals surface area contributed by atoms with Gasteiger partial charge in [-0.1, -0.05) is 26.0 Å². The van der Waals surface area contributed by atoms with Gasteiger partial charge in [-0.2, -0.15) is 0 Å². The first-order chi connectivity index (χ1) is 9.97. The highest BCUT2D eigenvalue weighted by atomic mass is 19.2. The molecule has 1 aliphatic carbocycles. The summed E-state index contributed by atoms with van der Waals surface area (Å²) in [6.07, 6.45) is -1.94. The fraction of sp³-hybridized carbons (Fsp3) is 0.588. The molecule has 0 bridgehead atoms. The van der Waals surface area contributed by atoms with Crippen LogP contribution < -0.4 is 0 Å². The maximum Gasteiger partial charge on any atom is 0.254 e. The van der Waals surface area contributed by atoms with Gasteiger partial charge in [-0.05, 0) is 41.9 Å². The van der Waals surface area contributed by atoms with Gasteiger partial charge in [-0.25, -0.2) is 8.78 Å². The highest BCUT2D eigenvalue weighted by Crippen LogP contribution is 2.51. The molecule has 1 saturated heterocycles. The molecule has 1 aromatic carbocycles. The summed E-state index contributed by atoms with van der Waals surface area (Å²) in [5, 5.41) is 0. The lowest BCUT2D eigenvalue weighted by atomic mass is 10.0. The van der Waals surface area contributed by atoms with Crippen LogP contribution in [0.25, 0.3) is 0 Å². The Morgan fingerprint density at radius 3 is 2.48 bits per heavy atom. The highest BCUT2D eigenvalue weighted by Gasteiger charge is 2.40. The van der Waals surface area contributed by atoms with Crippen LogP contribution in [0.2, 0.25) is 0 Å². The van der Waals surface area contributed by atoms with Crippen molar-refractivity contribution >= 4 is 5.91 Å². The second-order valence-electron chi connectivity index (χ2n) is 6.62. The summed E-state index contributed by atoms with van der Waals surface area (Å²) < 4.78 is 26.5. The minimum atomic E-state index is -1.55. The molecule has 4 atom stereocenters. The second kappa shape index (κ2) is 5.39. The van der Waals surface area contributed by atoms with E-state index in [1.54, 1.807) is 6.07 Å². The maximum atomic E-state index is 13.2. The Hall–Kier alpha value is -1.45. The van der Waals surface area contributed by atoms with Gasteiger partial charge in [0.15, 0.2) is 12.3 Å². The van der Waals surface area contributed by atoms with Crippen molar-refractivity contribution in [2.24, 2.45) is 11.8 Å². The third-order valence-electron chi connectivity index (χ3n) is 4.73. The van der Waals surface area contributed by atoms with E-state index in [1.165, 1.54) is 10.5 Å². The molecule has 0 radical (unpaired) electrons. The van der Waals surface area contributed by atoms with E-state index in [-0.39, 0.29) is 19.0 Å². The standard InChI is InChI=1S/C17H21F2NO/c1-10(2)13-7-14(13)11-4-3-5-12(6-11)17(21)20-8-15(18)16(19)9-20/h3-6,10,13-16H,7-9H2,1-2H3/t13-,14-,15-,16+/m1/s1. The molecule has 1 aromatic rings. The number of amides is 1. The Bertz CT molecular complexity index is 535. The number of likely N-dealkylation sites (tertiary alicyclic amines) is 1. The minimum Gasteiger partial charge on any atom is -0.333 e. The highest BCUT2D eigenvalue weighted by molar-refractivity contribution is 5.94. The molecule has 0 spiro atoms. The van der Waals surface area contributed by atoms with Crippen LogP contribution in [0.3, 0.4) is 0 Å². The Kier molecular flexibility index (Phi) is 3.72. The van der Waals surface area contributed by atoms with Crippen LogP contribution in [0, 0.1) is 11.8 Å². The molecule has 4 heteroatoms. The molecule has 2 aliphatic rings. The lowest BCUT2D eigenvalue weighted by Crippen LogP contribution is -2.29. The molecule has 3 rings (SSSR count). The van der Waals surface area contributed by atoms with E-state index in [4.69, 9.17) is 0 Å². The Morgan fingerprint density at radius 1 is 1.24 bits per heavy atom. The monoisotopic (exact) mass is 293 g/mol. The lowest BCUT2D eigenvalue weighted by molar-refractivity contribution is 0.0778. The lowest BCUT2D eigenvalue weighted by Gasteiger charge is -2.15. The van der Waals surface area contributed by atoms with E-state index >= 15 is 0 Å². The Labute approximate surface area is 124 Å². The van der Waals surface area contributed by atoms with Gasteiger partial charge in [-0.15, -0.1) is 0 Å². The molecule has 1 heterocycles. The van der Waals surface area contributed by atoms with Crippen molar-refractivity contribution < 1.29 is 13.6 Å². The number of hydrogen-bond donors (Lipinski definition) is 0. The zero-order valence-electron chi connectivity index (χ0n) is 12.4. The quantitative estimate of drug-likeness (QED) is 0.834. The summed E-state index contributed by atoms with van der Waals surface area (Å²) >= 11 is 0. The molecular weight excluding hydrogens is 272 g/mol. The van der Waals surface area contributed by atoms with Crippen LogP contribution in [0.1, 0.15) is 42.1 Å². The number of nitrogens with zero attached hydrogens (tertiary/aromatic N) is 1. The smallest absolute Gasteiger partial charge is 0.254 e. The van der Waals surface area contributed by atoms with Crippen molar-refractivity contribution in [1.29, 1.82) is 0 Å². The fourth-order valence-electron chi connectivity index (χ4n) is 3.31. The molecule has 0 aromatic heterocycles. The van der Waals surface area contributed by atoms with Gasteiger partial charge in [0.1, 0.15) is 0 Å². The third-order valence-corrected chi connectivity index (χ3v) is 4.73. The first-order valence-electron chi connectivity index (χ1n) is 7.64. The van der Waals surface area contributed by atoms with Gasteiger partial charge >= 0.3 is 0 Å². The molecule has 0 N–H and O–H groups in total. The van der Waals surface area contributed by atoms with Gasteiger partial charge in [0.05, 0.1) is 13.1 Å². The van der Waals surface area contributed by atoms with E-state index in [2.05, 4.69) is 13.8 Å². The predicted molar refractivity (Wildman–Crippen MR) is 77.8 cm³/mol. The number of hydrogen-bond acceptors (Lipinski definition) is 1. The maximum absolute atomic E-state index is 13.2. The van der Waals surface area contributed by atoms with Crippen LogP contribution in [0.4, 0.5) is 8.78 Å². The van der Waals surface area contributed by atoms with E-state index < -0.39 is 12.3 Å². The molecule has 0 unspecified atom stereocenters. The van der Waals surface area contributed by atoms with Gasteiger partial charge in [-0.3, -0.25) is 4.79 Å².